The van der Waals surface area contributed by atoms with E-state index in [1.165, 1.54) is 7.11 Å². The molecular weight excluding hydrogens is 485 g/mol. The normalized spacial score (nSPS) is 11.3. The molecule has 3 aromatic carbocycles. The second kappa shape index (κ2) is 9.67. The minimum absolute atomic E-state index is 0.0456. The predicted octanol–water partition coefficient (Wildman–Crippen LogP) is 7.06. The highest BCUT2D eigenvalue weighted by Crippen LogP contribution is 2.36. The largest absolute Gasteiger partial charge is 0.495 e. The molecule has 0 spiro atoms. The Hall–Kier alpha value is -4.05. The Labute approximate surface area is 202 Å². The Bertz CT molecular complexity index is 1390. The van der Waals surface area contributed by atoms with Gasteiger partial charge in [0.05, 0.1) is 24.0 Å². The summed E-state index contributed by atoms with van der Waals surface area (Å²) in [5.41, 5.74) is -0.00159. The van der Waals surface area contributed by atoms with Gasteiger partial charge in [-0.05, 0) is 48.9 Å². The van der Waals surface area contributed by atoms with Gasteiger partial charge in [0, 0.05) is 22.5 Å². The van der Waals surface area contributed by atoms with E-state index in [-0.39, 0.29) is 22.6 Å². The van der Waals surface area contributed by atoms with Crippen molar-refractivity contribution in [1.29, 1.82) is 0 Å². The van der Waals surface area contributed by atoms with Gasteiger partial charge in [-0.1, -0.05) is 24.3 Å². The fourth-order valence-corrected chi connectivity index (χ4v) is 3.61. The second-order valence-electron chi connectivity index (χ2n) is 7.37. The summed E-state index contributed by atoms with van der Waals surface area (Å²) < 4.78 is 50.3. The summed E-state index contributed by atoms with van der Waals surface area (Å²) in [4.78, 5) is 20.7. The summed E-state index contributed by atoms with van der Waals surface area (Å²) in [7, 11) is 1.30. The molecule has 0 bridgehead atoms. The van der Waals surface area contributed by atoms with Crippen molar-refractivity contribution in [3.8, 4) is 17.4 Å². The maximum atomic E-state index is 13.1. The van der Waals surface area contributed by atoms with Gasteiger partial charge in [0.25, 0.3) is 0 Å². The SMILES string of the molecule is COc1ccc(C(F)(F)F)cc1NC(=O)Nc1ccc(Oc2cc(C)nc(Cl)n2)c2ccccc12. The summed E-state index contributed by atoms with van der Waals surface area (Å²) in [6.07, 6.45) is -4.57. The molecule has 0 saturated heterocycles. The third-order valence-corrected chi connectivity index (χ3v) is 5.09. The molecule has 0 fully saturated rings. The van der Waals surface area contributed by atoms with E-state index >= 15 is 0 Å². The predicted molar refractivity (Wildman–Crippen MR) is 126 cm³/mol. The van der Waals surface area contributed by atoms with Crippen molar-refractivity contribution < 1.29 is 27.4 Å². The maximum Gasteiger partial charge on any atom is 0.416 e. The lowest BCUT2D eigenvalue weighted by Crippen LogP contribution is -2.20. The fourth-order valence-electron chi connectivity index (χ4n) is 3.40. The molecule has 0 aliphatic carbocycles. The number of alkyl halides is 3. The number of anilines is 2. The number of nitrogens with zero attached hydrogens (tertiary/aromatic N) is 2. The van der Waals surface area contributed by atoms with Crippen LogP contribution in [0.2, 0.25) is 5.28 Å². The molecule has 7 nitrogen and oxygen atoms in total. The lowest BCUT2D eigenvalue weighted by atomic mass is 10.1. The minimum atomic E-state index is -4.57. The van der Waals surface area contributed by atoms with Crippen molar-refractivity contribution >= 4 is 39.8 Å². The molecule has 35 heavy (non-hydrogen) atoms. The molecule has 0 atom stereocenters. The first-order valence-corrected chi connectivity index (χ1v) is 10.6. The standard InChI is InChI=1S/C24H18ClF3N4O3/c1-13-11-21(32-22(25)29-13)35-19-10-8-17(15-5-3-4-6-16(15)19)30-23(33)31-18-12-14(24(26,27)28)7-9-20(18)34-2/h3-12H,1-2H3,(H2,30,31,33). The van der Waals surface area contributed by atoms with Crippen LogP contribution in [0, 0.1) is 6.92 Å². The highest BCUT2D eigenvalue weighted by molar-refractivity contribution is 6.28. The number of methoxy groups -OCH3 is 1. The van der Waals surface area contributed by atoms with Gasteiger partial charge in [0.15, 0.2) is 0 Å². The molecule has 2 N–H and O–H groups in total. The van der Waals surface area contributed by atoms with Crippen LogP contribution >= 0.6 is 11.6 Å². The van der Waals surface area contributed by atoms with Gasteiger partial charge >= 0.3 is 12.2 Å². The lowest BCUT2D eigenvalue weighted by molar-refractivity contribution is -0.137. The molecule has 0 unspecified atom stereocenters. The van der Waals surface area contributed by atoms with E-state index in [0.29, 0.717) is 27.9 Å². The number of fused-ring (bicyclic) bond motifs is 1. The number of hydrogen-bond acceptors (Lipinski definition) is 5. The average Bonchev–Trinajstić information content (AvgIpc) is 2.79. The monoisotopic (exact) mass is 502 g/mol. The summed E-state index contributed by atoms with van der Waals surface area (Å²) in [6.45, 7) is 1.75. The zero-order chi connectivity index (χ0) is 25.2. The summed E-state index contributed by atoms with van der Waals surface area (Å²) in [6, 6.07) is 14.1. The molecule has 1 heterocycles. The van der Waals surface area contributed by atoms with Crippen LogP contribution in [0.15, 0.2) is 60.7 Å². The molecule has 0 radical (unpaired) electrons. The molecule has 180 valence electrons. The fraction of sp³-hybridized carbons (Fsp3) is 0.125. The number of ether oxygens (including phenoxy) is 2. The molecule has 1 aromatic heterocycles. The highest BCUT2D eigenvalue weighted by Gasteiger charge is 2.31. The van der Waals surface area contributed by atoms with E-state index in [1.807, 2.05) is 0 Å². The van der Waals surface area contributed by atoms with E-state index < -0.39 is 17.8 Å². The maximum absolute atomic E-state index is 13.1. The summed E-state index contributed by atoms with van der Waals surface area (Å²) in [5.74, 6) is 0.795. The number of rotatable bonds is 5. The first kappa shape index (κ1) is 24.1. The number of aryl methyl sites for hydroxylation is 1. The quantitative estimate of drug-likeness (QED) is 0.285. The van der Waals surface area contributed by atoms with E-state index in [0.717, 1.165) is 18.2 Å². The van der Waals surface area contributed by atoms with Crippen LogP contribution in [0.25, 0.3) is 10.8 Å². The van der Waals surface area contributed by atoms with Crippen molar-refractivity contribution in [2.75, 3.05) is 17.7 Å². The minimum Gasteiger partial charge on any atom is -0.495 e. The van der Waals surface area contributed by atoms with Crippen LogP contribution in [0.3, 0.4) is 0 Å². The van der Waals surface area contributed by atoms with E-state index in [2.05, 4.69) is 20.6 Å². The smallest absolute Gasteiger partial charge is 0.416 e. The van der Waals surface area contributed by atoms with Crippen LogP contribution in [-0.4, -0.2) is 23.1 Å². The van der Waals surface area contributed by atoms with Gasteiger partial charge in [-0.2, -0.15) is 18.2 Å². The lowest BCUT2D eigenvalue weighted by Gasteiger charge is -2.16. The van der Waals surface area contributed by atoms with Crippen molar-refractivity contribution in [3.63, 3.8) is 0 Å². The third-order valence-electron chi connectivity index (χ3n) is 4.93. The zero-order valence-electron chi connectivity index (χ0n) is 18.4. The van der Waals surface area contributed by atoms with E-state index in [9.17, 15) is 18.0 Å². The van der Waals surface area contributed by atoms with Gasteiger partial charge in [-0.25, -0.2) is 9.78 Å². The number of benzene rings is 3. The first-order valence-electron chi connectivity index (χ1n) is 10.2. The highest BCUT2D eigenvalue weighted by atomic mass is 35.5. The number of aromatic nitrogens is 2. The number of carbonyl (C=O) groups is 1. The average molecular weight is 503 g/mol. The van der Waals surface area contributed by atoms with Crippen LogP contribution in [0.1, 0.15) is 11.3 Å². The Morgan fingerprint density at radius 3 is 2.29 bits per heavy atom. The Morgan fingerprint density at radius 2 is 1.60 bits per heavy atom. The van der Waals surface area contributed by atoms with Crippen LogP contribution in [0.5, 0.6) is 17.4 Å². The van der Waals surface area contributed by atoms with E-state index in [1.54, 1.807) is 49.4 Å². The van der Waals surface area contributed by atoms with Crippen LogP contribution in [0.4, 0.5) is 29.3 Å². The number of halogens is 4. The van der Waals surface area contributed by atoms with Crippen molar-refractivity contribution in [1.82, 2.24) is 9.97 Å². The van der Waals surface area contributed by atoms with Gasteiger partial charge in [-0.3, -0.25) is 0 Å². The summed E-state index contributed by atoms with van der Waals surface area (Å²) in [5, 5.41) is 6.42. The topological polar surface area (TPSA) is 85.4 Å². The summed E-state index contributed by atoms with van der Waals surface area (Å²) >= 11 is 5.91. The number of nitrogens with one attached hydrogen (secondary N) is 2. The molecule has 2 amide bonds. The molecular formula is C24H18ClF3N4O3. The zero-order valence-corrected chi connectivity index (χ0v) is 19.2. The molecule has 0 saturated carbocycles. The van der Waals surface area contributed by atoms with Gasteiger partial charge in [0.1, 0.15) is 11.5 Å². The van der Waals surface area contributed by atoms with Crippen molar-refractivity contribution in [2.45, 2.75) is 13.1 Å². The van der Waals surface area contributed by atoms with Crippen molar-refractivity contribution in [3.05, 3.63) is 77.2 Å². The Kier molecular flexibility index (Phi) is 6.65. The molecule has 11 heteroatoms. The molecule has 0 aliphatic heterocycles. The number of carbonyl (C=O) groups excluding carboxylic acids is 1. The van der Waals surface area contributed by atoms with E-state index in [4.69, 9.17) is 21.1 Å². The van der Waals surface area contributed by atoms with Gasteiger partial charge in [-0.15, -0.1) is 0 Å². The molecule has 4 rings (SSSR count). The first-order chi connectivity index (χ1) is 16.6. The Balaban J connectivity index is 1.61. The molecule has 0 aliphatic rings. The number of amides is 2. The van der Waals surface area contributed by atoms with Crippen LogP contribution in [-0.2, 0) is 6.18 Å². The Morgan fingerprint density at radius 1 is 0.914 bits per heavy atom. The second-order valence-corrected chi connectivity index (χ2v) is 7.71. The van der Waals surface area contributed by atoms with Gasteiger partial charge < -0.3 is 20.1 Å². The third kappa shape index (κ3) is 5.55. The number of urea groups is 1. The molecule has 4 aromatic rings. The van der Waals surface area contributed by atoms with Gasteiger partial charge in [0.2, 0.25) is 11.2 Å². The number of hydrogen-bond donors (Lipinski definition) is 2. The van der Waals surface area contributed by atoms with Crippen molar-refractivity contribution in [2.24, 2.45) is 0 Å². The van der Waals surface area contributed by atoms with Crippen LogP contribution < -0.4 is 20.1 Å².